The fourth-order valence-corrected chi connectivity index (χ4v) is 1.63. The molecule has 76 valence electrons. The number of aliphatic carboxylic acids is 1. The summed E-state index contributed by atoms with van der Waals surface area (Å²) in [5.74, 6) is -1.07. The van der Waals surface area contributed by atoms with Crippen molar-refractivity contribution in [3.05, 3.63) is 34.9 Å². The molecule has 4 heteroatoms. The molecule has 0 aliphatic carbocycles. The average Bonchev–Trinajstić information content (AvgIpc) is 2.15. The van der Waals surface area contributed by atoms with E-state index in [-0.39, 0.29) is 18.9 Å². The van der Waals surface area contributed by atoms with E-state index in [9.17, 15) is 4.79 Å². The molecule has 0 aromatic heterocycles. The Morgan fingerprint density at radius 2 is 2.14 bits per heavy atom. The summed E-state index contributed by atoms with van der Waals surface area (Å²) >= 11 is 5.93. The van der Waals surface area contributed by atoms with Crippen molar-refractivity contribution in [3.8, 4) is 0 Å². The van der Waals surface area contributed by atoms with Crippen LogP contribution in [-0.4, -0.2) is 17.6 Å². The zero-order chi connectivity index (χ0) is 10.6. The van der Waals surface area contributed by atoms with E-state index in [2.05, 4.69) is 0 Å². The fraction of sp³-hybridized carbons (Fsp3) is 0.300. The number of carboxylic acid groups (broad SMARTS) is 1. The smallest absolute Gasteiger partial charge is 0.304 e. The molecular weight excluding hydrogens is 202 g/mol. The Labute approximate surface area is 87.5 Å². The molecule has 1 aromatic carbocycles. The molecule has 0 saturated heterocycles. The van der Waals surface area contributed by atoms with Crippen molar-refractivity contribution in [2.75, 3.05) is 6.54 Å². The van der Waals surface area contributed by atoms with Gasteiger partial charge in [0.1, 0.15) is 0 Å². The van der Waals surface area contributed by atoms with Gasteiger partial charge in [-0.2, -0.15) is 0 Å². The number of hydrogen-bond acceptors (Lipinski definition) is 2. The van der Waals surface area contributed by atoms with Gasteiger partial charge in [-0.15, -0.1) is 0 Å². The van der Waals surface area contributed by atoms with E-state index in [0.717, 1.165) is 5.56 Å². The van der Waals surface area contributed by atoms with Gasteiger partial charge in [0.15, 0.2) is 0 Å². The molecule has 0 radical (unpaired) electrons. The van der Waals surface area contributed by atoms with Crippen LogP contribution in [0.3, 0.4) is 0 Å². The number of halogens is 1. The molecule has 0 bridgehead atoms. The van der Waals surface area contributed by atoms with Crippen molar-refractivity contribution < 1.29 is 9.90 Å². The van der Waals surface area contributed by atoms with Gasteiger partial charge < -0.3 is 10.8 Å². The van der Waals surface area contributed by atoms with Gasteiger partial charge in [-0.25, -0.2) is 0 Å². The molecule has 1 atom stereocenters. The Morgan fingerprint density at radius 1 is 1.50 bits per heavy atom. The van der Waals surface area contributed by atoms with E-state index in [1.165, 1.54) is 0 Å². The van der Waals surface area contributed by atoms with E-state index < -0.39 is 5.97 Å². The van der Waals surface area contributed by atoms with Crippen LogP contribution in [0.4, 0.5) is 0 Å². The minimum Gasteiger partial charge on any atom is -0.481 e. The number of carboxylic acids is 1. The Balaban J connectivity index is 2.89. The topological polar surface area (TPSA) is 63.3 Å². The summed E-state index contributed by atoms with van der Waals surface area (Å²) in [6.45, 7) is 0.288. The Morgan fingerprint density at radius 3 is 2.64 bits per heavy atom. The maximum absolute atomic E-state index is 10.6. The maximum atomic E-state index is 10.6. The van der Waals surface area contributed by atoms with Crippen LogP contribution in [0.2, 0.25) is 5.02 Å². The molecule has 0 unspecified atom stereocenters. The third kappa shape index (κ3) is 2.72. The first kappa shape index (κ1) is 11.0. The zero-order valence-corrected chi connectivity index (χ0v) is 8.37. The summed E-state index contributed by atoms with van der Waals surface area (Å²) in [7, 11) is 0. The highest BCUT2D eigenvalue weighted by Crippen LogP contribution is 2.25. The van der Waals surface area contributed by atoms with Gasteiger partial charge in [-0.1, -0.05) is 29.8 Å². The van der Waals surface area contributed by atoms with E-state index in [4.69, 9.17) is 22.4 Å². The number of nitrogens with two attached hydrogens (primary N) is 1. The second-order valence-corrected chi connectivity index (χ2v) is 3.46. The van der Waals surface area contributed by atoms with Crippen molar-refractivity contribution in [2.24, 2.45) is 5.73 Å². The van der Waals surface area contributed by atoms with Gasteiger partial charge in [0, 0.05) is 10.9 Å². The van der Waals surface area contributed by atoms with Crippen LogP contribution in [0.15, 0.2) is 24.3 Å². The lowest BCUT2D eigenvalue weighted by Crippen LogP contribution is -2.16. The van der Waals surface area contributed by atoms with Crippen molar-refractivity contribution >= 4 is 17.6 Å². The quantitative estimate of drug-likeness (QED) is 0.803. The molecular formula is C10H12ClNO2. The molecule has 0 spiro atoms. The molecule has 0 aliphatic heterocycles. The van der Waals surface area contributed by atoms with Crippen molar-refractivity contribution in [3.63, 3.8) is 0 Å². The molecule has 1 rings (SSSR count). The van der Waals surface area contributed by atoms with Crippen LogP contribution in [-0.2, 0) is 4.79 Å². The predicted octanol–water partition coefficient (Wildman–Crippen LogP) is 1.86. The summed E-state index contributed by atoms with van der Waals surface area (Å²) < 4.78 is 0. The highest BCUT2D eigenvalue weighted by atomic mass is 35.5. The molecule has 3 N–H and O–H groups in total. The first-order valence-corrected chi connectivity index (χ1v) is 4.69. The number of benzene rings is 1. The van der Waals surface area contributed by atoms with Gasteiger partial charge in [0.05, 0.1) is 6.42 Å². The van der Waals surface area contributed by atoms with Crippen molar-refractivity contribution in [1.82, 2.24) is 0 Å². The fourth-order valence-electron chi connectivity index (χ4n) is 1.34. The highest BCUT2D eigenvalue weighted by Gasteiger charge is 2.15. The standard InChI is InChI=1S/C10H12ClNO2/c11-9-4-2-1-3-8(9)7(6-12)5-10(13)14/h1-4,7H,5-6,12H2,(H,13,14)/t7-/m0/s1. The Bertz CT molecular complexity index is 328. The Kier molecular flexibility index (Phi) is 3.92. The van der Waals surface area contributed by atoms with Gasteiger partial charge in [-0.05, 0) is 18.2 Å². The summed E-state index contributed by atoms with van der Waals surface area (Å²) in [4.78, 5) is 10.6. The molecule has 0 aliphatic rings. The first-order valence-electron chi connectivity index (χ1n) is 4.31. The van der Waals surface area contributed by atoms with Crippen molar-refractivity contribution in [1.29, 1.82) is 0 Å². The van der Waals surface area contributed by atoms with Crippen LogP contribution in [0.25, 0.3) is 0 Å². The van der Waals surface area contributed by atoms with Crippen LogP contribution in [0, 0.1) is 0 Å². The number of rotatable bonds is 4. The second kappa shape index (κ2) is 4.98. The molecule has 14 heavy (non-hydrogen) atoms. The van der Waals surface area contributed by atoms with E-state index in [1.54, 1.807) is 12.1 Å². The minimum atomic E-state index is -0.861. The van der Waals surface area contributed by atoms with Crippen molar-refractivity contribution in [2.45, 2.75) is 12.3 Å². The van der Waals surface area contributed by atoms with Crippen LogP contribution in [0.5, 0.6) is 0 Å². The predicted molar refractivity (Wildman–Crippen MR) is 55.5 cm³/mol. The average molecular weight is 214 g/mol. The molecule has 0 heterocycles. The summed E-state index contributed by atoms with van der Waals surface area (Å²) in [6.07, 6.45) is 0.0141. The molecule has 0 saturated carbocycles. The SMILES string of the molecule is NC[C@H](CC(=O)O)c1ccccc1Cl. The van der Waals surface area contributed by atoms with E-state index in [0.29, 0.717) is 5.02 Å². The summed E-state index contributed by atoms with van der Waals surface area (Å²) in [6, 6.07) is 7.18. The summed E-state index contributed by atoms with van der Waals surface area (Å²) in [5, 5.41) is 9.24. The monoisotopic (exact) mass is 213 g/mol. The van der Waals surface area contributed by atoms with Gasteiger partial charge in [0.2, 0.25) is 0 Å². The lowest BCUT2D eigenvalue weighted by molar-refractivity contribution is -0.137. The molecule has 3 nitrogen and oxygen atoms in total. The van der Waals surface area contributed by atoms with Gasteiger partial charge >= 0.3 is 5.97 Å². The normalized spacial score (nSPS) is 12.4. The minimum absolute atomic E-state index is 0.0141. The Hall–Kier alpha value is -1.06. The van der Waals surface area contributed by atoms with E-state index in [1.807, 2.05) is 12.1 Å². The molecule has 0 fully saturated rings. The third-order valence-corrected chi connectivity index (χ3v) is 2.39. The molecule has 0 amide bonds. The lowest BCUT2D eigenvalue weighted by Gasteiger charge is -2.13. The zero-order valence-electron chi connectivity index (χ0n) is 7.61. The van der Waals surface area contributed by atoms with Crippen LogP contribution in [0.1, 0.15) is 17.9 Å². The van der Waals surface area contributed by atoms with E-state index >= 15 is 0 Å². The first-order chi connectivity index (χ1) is 6.65. The lowest BCUT2D eigenvalue weighted by atomic mass is 9.96. The van der Waals surface area contributed by atoms with Gasteiger partial charge in [0.25, 0.3) is 0 Å². The number of hydrogen-bond donors (Lipinski definition) is 2. The third-order valence-electron chi connectivity index (χ3n) is 2.05. The van der Waals surface area contributed by atoms with Crippen LogP contribution < -0.4 is 5.73 Å². The maximum Gasteiger partial charge on any atom is 0.304 e. The van der Waals surface area contributed by atoms with Gasteiger partial charge in [-0.3, -0.25) is 4.79 Å². The summed E-state index contributed by atoms with van der Waals surface area (Å²) in [5.41, 5.74) is 6.30. The largest absolute Gasteiger partial charge is 0.481 e. The highest BCUT2D eigenvalue weighted by molar-refractivity contribution is 6.31. The second-order valence-electron chi connectivity index (χ2n) is 3.05. The molecule has 1 aromatic rings. The number of carbonyl (C=O) groups is 1. The van der Waals surface area contributed by atoms with Crippen LogP contribution >= 0.6 is 11.6 Å².